The number of amides is 1. The first-order valence-electron chi connectivity index (χ1n) is 5.80. The molecule has 10 heteroatoms. The van der Waals surface area contributed by atoms with Crippen molar-refractivity contribution in [2.75, 3.05) is 13.2 Å². The van der Waals surface area contributed by atoms with Gasteiger partial charge in [0, 0.05) is 11.1 Å². The van der Waals surface area contributed by atoms with Crippen LogP contribution in [0.2, 0.25) is 0 Å². The smallest absolute Gasteiger partial charge is 0.257 e. The number of halogens is 3. The van der Waals surface area contributed by atoms with E-state index in [-0.39, 0.29) is 17.1 Å². The molecule has 1 unspecified atom stereocenters. The molecular weight excluding hydrogens is 374 g/mol. The van der Waals surface area contributed by atoms with Crippen molar-refractivity contribution in [1.82, 2.24) is 5.32 Å². The second-order valence-corrected chi connectivity index (χ2v) is 6.79. The first-order valence-corrected chi connectivity index (χ1v) is 8.14. The zero-order chi connectivity index (χ0) is 15.8. The maximum atomic E-state index is 14.2. The Hall–Kier alpha value is -1.10. The fraction of sp³-hybridized carbons (Fsp3) is 0.364. The van der Waals surface area contributed by atoms with Crippen LogP contribution in [0.5, 0.6) is 0 Å². The molecule has 1 aromatic carbocycles. The Morgan fingerprint density at radius 3 is 2.67 bits per heavy atom. The van der Waals surface area contributed by atoms with E-state index in [9.17, 15) is 22.0 Å². The Morgan fingerprint density at radius 1 is 1.48 bits per heavy atom. The predicted octanol–water partition coefficient (Wildman–Crippen LogP) is 0.893. The molecule has 0 aliphatic carbocycles. The van der Waals surface area contributed by atoms with Crippen LogP contribution in [0.4, 0.5) is 8.78 Å². The number of sulfonamides is 1. The van der Waals surface area contributed by atoms with Gasteiger partial charge in [0.2, 0.25) is 10.0 Å². The minimum absolute atomic E-state index is 0.230. The zero-order valence-electron chi connectivity index (χ0n) is 10.5. The molecule has 0 saturated carbocycles. The molecular formula is C11H11BrF2N2O4S. The summed E-state index contributed by atoms with van der Waals surface area (Å²) >= 11 is 2.71. The lowest BCUT2D eigenvalue weighted by molar-refractivity contribution is 0.0920. The summed E-state index contributed by atoms with van der Waals surface area (Å²) in [7, 11) is -4.46. The molecule has 21 heavy (non-hydrogen) atoms. The fourth-order valence-electron chi connectivity index (χ4n) is 1.95. The fourth-order valence-corrected chi connectivity index (χ4v) is 3.68. The summed E-state index contributed by atoms with van der Waals surface area (Å²) in [4.78, 5) is 11.0. The van der Waals surface area contributed by atoms with Crippen LogP contribution in [-0.2, 0) is 14.8 Å². The van der Waals surface area contributed by atoms with Gasteiger partial charge in [-0.2, -0.15) is 0 Å². The highest BCUT2D eigenvalue weighted by molar-refractivity contribution is 9.10. The lowest BCUT2D eigenvalue weighted by Crippen LogP contribution is -2.36. The molecule has 0 bridgehead atoms. The molecule has 1 heterocycles. The number of carbonyl (C=O) groups excluding carboxylic acids is 1. The highest BCUT2D eigenvalue weighted by atomic mass is 79.9. The first kappa shape index (κ1) is 16.3. The lowest BCUT2D eigenvalue weighted by atomic mass is 10.1. The van der Waals surface area contributed by atoms with Gasteiger partial charge in [-0.25, -0.2) is 22.3 Å². The highest BCUT2D eigenvalue weighted by Crippen LogP contribution is 2.28. The van der Waals surface area contributed by atoms with Crippen LogP contribution in [0.25, 0.3) is 0 Å². The van der Waals surface area contributed by atoms with E-state index in [4.69, 9.17) is 9.88 Å². The molecule has 3 N–H and O–H groups in total. The van der Waals surface area contributed by atoms with Crippen LogP contribution < -0.4 is 10.5 Å². The van der Waals surface area contributed by atoms with E-state index in [2.05, 4.69) is 21.2 Å². The lowest BCUT2D eigenvalue weighted by Gasteiger charge is -2.13. The minimum atomic E-state index is -4.46. The van der Waals surface area contributed by atoms with Crippen molar-refractivity contribution >= 4 is 31.9 Å². The molecule has 0 spiro atoms. The third kappa shape index (κ3) is 3.39. The van der Waals surface area contributed by atoms with Crippen LogP contribution in [0.3, 0.4) is 0 Å². The van der Waals surface area contributed by atoms with Gasteiger partial charge in [-0.1, -0.05) is 0 Å². The van der Waals surface area contributed by atoms with Crippen LogP contribution >= 0.6 is 15.9 Å². The van der Waals surface area contributed by atoms with Crippen molar-refractivity contribution in [2.45, 2.75) is 17.4 Å². The molecule has 0 aromatic heterocycles. The van der Waals surface area contributed by atoms with E-state index in [0.29, 0.717) is 19.1 Å². The van der Waals surface area contributed by atoms with Crippen LogP contribution in [0.15, 0.2) is 15.4 Å². The van der Waals surface area contributed by atoms with Crippen LogP contribution in [-0.4, -0.2) is 33.6 Å². The number of ether oxygens (including phenoxy) is 1. The number of hydrogen-bond acceptors (Lipinski definition) is 4. The normalized spacial score (nSPS) is 18.8. The molecule has 6 nitrogen and oxygen atoms in total. The highest BCUT2D eigenvalue weighted by Gasteiger charge is 2.29. The average Bonchev–Trinajstić information content (AvgIpc) is 2.78. The summed E-state index contributed by atoms with van der Waals surface area (Å²) in [5, 5.41) is 7.25. The van der Waals surface area contributed by atoms with E-state index in [0.717, 1.165) is 0 Å². The topological polar surface area (TPSA) is 98.5 Å². The van der Waals surface area contributed by atoms with E-state index in [1.54, 1.807) is 0 Å². The van der Waals surface area contributed by atoms with Crippen molar-refractivity contribution in [2.24, 2.45) is 5.14 Å². The third-order valence-electron chi connectivity index (χ3n) is 2.90. The Morgan fingerprint density at radius 2 is 2.14 bits per heavy atom. The molecule has 1 atom stereocenters. The van der Waals surface area contributed by atoms with E-state index in [1.807, 2.05) is 0 Å². The number of carbonyl (C=O) groups is 1. The zero-order valence-corrected chi connectivity index (χ0v) is 12.9. The van der Waals surface area contributed by atoms with Gasteiger partial charge in [-0.15, -0.1) is 0 Å². The van der Waals surface area contributed by atoms with Crippen molar-refractivity contribution in [3.05, 3.63) is 27.7 Å². The summed E-state index contributed by atoms with van der Waals surface area (Å²) < 4.78 is 55.3. The van der Waals surface area contributed by atoms with Gasteiger partial charge in [-0.05, 0) is 28.4 Å². The Labute approximate surface area is 127 Å². The monoisotopic (exact) mass is 384 g/mol. The molecule has 1 saturated heterocycles. The number of nitrogens with one attached hydrogen (secondary N) is 1. The van der Waals surface area contributed by atoms with Crippen LogP contribution in [0.1, 0.15) is 16.8 Å². The van der Waals surface area contributed by atoms with Gasteiger partial charge in [0.1, 0.15) is 16.3 Å². The Balaban J connectivity index is 2.45. The molecule has 0 radical (unpaired) electrons. The van der Waals surface area contributed by atoms with Gasteiger partial charge in [0.15, 0.2) is 5.82 Å². The summed E-state index contributed by atoms with van der Waals surface area (Å²) in [6.07, 6.45) is 0.507. The van der Waals surface area contributed by atoms with Gasteiger partial charge in [-0.3, -0.25) is 4.79 Å². The maximum Gasteiger partial charge on any atom is 0.257 e. The van der Waals surface area contributed by atoms with Crippen molar-refractivity contribution < 1.29 is 26.7 Å². The maximum absolute atomic E-state index is 14.2. The second-order valence-electron chi connectivity index (χ2n) is 4.44. The number of primary sulfonamides is 1. The quantitative estimate of drug-likeness (QED) is 0.808. The number of nitrogens with two attached hydrogens (primary N) is 1. The summed E-state index contributed by atoms with van der Waals surface area (Å²) in [6, 6.07) is 0.306. The molecule has 116 valence electrons. The number of rotatable bonds is 3. The average molecular weight is 385 g/mol. The Bertz CT molecular complexity index is 690. The van der Waals surface area contributed by atoms with E-state index in [1.165, 1.54) is 0 Å². The van der Waals surface area contributed by atoms with Crippen LogP contribution in [0, 0.1) is 11.6 Å². The molecule has 1 aliphatic heterocycles. The molecule has 2 rings (SSSR count). The summed E-state index contributed by atoms with van der Waals surface area (Å²) in [5.74, 6) is -3.78. The Kier molecular flexibility index (Phi) is 4.61. The molecule has 1 amide bonds. The molecule has 1 aliphatic rings. The van der Waals surface area contributed by atoms with Gasteiger partial charge < -0.3 is 10.1 Å². The first-order chi connectivity index (χ1) is 9.71. The molecule has 1 fully saturated rings. The second kappa shape index (κ2) is 5.95. The molecule has 1 aromatic rings. The van der Waals surface area contributed by atoms with Gasteiger partial charge >= 0.3 is 0 Å². The predicted molar refractivity (Wildman–Crippen MR) is 72.1 cm³/mol. The summed E-state index contributed by atoms with van der Waals surface area (Å²) in [5.41, 5.74) is -0.992. The van der Waals surface area contributed by atoms with E-state index < -0.39 is 38.0 Å². The van der Waals surface area contributed by atoms with Crippen molar-refractivity contribution in [1.29, 1.82) is 0 Å². The number of hydrogen-bond donors (Lipinski definition) is 2. The largest absolute Gasteiger partial charge is 0.379 e. The minimum Gasteiger partial charge on any atom is -0.379 e. The SMILES string of the molecule is NS(=O)(=O)c1c(Br)cc(F)c(C(=O)NC2CCOC2)c1F. The van der Waals surface area contributed by atoms with Crippen molar-refractivity contribution in [3.63, 3.8) is 0 Å². The number of benzene rings is 1. The van der Waals surface area contributed by atoms with Crippen molar-refractivity contribution in [3.8, 4) is 0 Å². The van der Waals surface area contributed by atoms with Gasteiger partial charge in [0.25, 0.3) is 5.91 Å². The van der Waals surface area contributed by atoms with E-state index >= 15 is 0 Å². The van der Waals surface area contributed by atoms with Gasteiger partial charge in [0.05, 0.1) is 12.6 Å². The summed E-state index contributed by atoms with van der Waals surface area (Å²) in [6.45, 7) is 0.659. The third-order valence-corrected chi connectivity index (χ3v) is 4.76. The standard InChI is InChI=1S/C11H11BrF2N2O4S/c12-6-3-7(13)8(9(14)10(6)21(15,18)19)11(17)16-5-1-2-20-4-5/h3,5H,1-2,4H2,(H,16,17)(H2,15,18,19).